The third-order valence-electron chi connectivity index (χ3n) is 4.51. The molecule has 3 rings (SSSR count). The van der Waals surface area contributed by atoms with E-state index < -0.39 is 16.0 Å². The Hall–Kier alpha value is -2.13. The summed E-state index contributed by atoms with van der Waals surface area (Å²) in [5.41, 5.74) is 1.57. The summed E-state index contributed by atoms with van der Waals surface area (Å²) in [5.74, 6) is -0.0285. The molecule has 0 aliphatic heterocycles. The highest BCUT2D eigenvalue weighted by atomic mass is 35.5. The van der Waals surface area contributed by atoms with Gasteiger partial charge in [-0.3, -0.25) is 0 Å². The molecule has 0 aliphatic rings. The Kier molecular flexibility index (Phi) is 6.71. The third-order valence-corrected chi connectivity index (χ3v) is 7.06. The zero-order valence-corrected chi connectivity index (χ0v) is 19.1. The molecule has 10 heteroatoms. The standard InChI is InChI=1S/C20H21Cl2N3O4S/c1-4-9-25-18-8-6-14(30(27,28)24(2)3)11-17(18)23-19(25)12-29-20(26)13-5-7-15(21)16(22)10-13/h5-8,10-11H,4,9,12H2,1-3H3. The van der Waals surface area contributed by atoms with Gasteiger partial charge in [0, 0.05) is 20.6 Å². The van der Waals surface area contributed by atoms with Crippen LogP contribution in [0.4, 0.5) is 0 Å². The van der Waals surface area contributed by atoms with E-state index in [-0.39, 0.29) is 22.1 Å². The van der Waals surface area contributed by atoms with Crippen molar-refractivity contribution < 1.29 is 17.9 Å². The molecule has 160 valence electrons. The van der Waals surface area contributed by atoms with E-state index in [2.05, 4.69) is 4.98 Å². The van der Waals surface area contributed by atoms with Gasteiger partial charge in [-0.25, -0.2) is 22.5 Å². The first-order valence-corrected chi connectivity index (χ1v) is 11.4. The lowest BCUT2D eigenvalue weighted by atomic mass is 10.2. The van der Waals surface area contributed by atoms with Gasteiger partial charge in [0.1, 0.15) is 12.4 Å². The number of esters is 1. The van der Waals surface area contributed by atoms with Gasteiger partial charge in [0.05, 0.1) is 31.5 Å². The predicted octanol–water partition coefficient (Wildman–Crippen LogP) is 4.36. The minimum atomic E-state index is -3.58. The Morgan fingerprint density at radius 2 is 1.87 bits per heavy atom. The van der Waals surface area contributed by atoms with Crippen molar-refractivity contribution >= 4 is 50.2 Å². The lowest BCUT2D eigenvalue weighted by molar-refractivity contribution is 0.0458. The number of halogens is 2. The van der Waals surface area contributed by atoms with Crippen molar-refractivity contribution in [2.24, 2.45) is 0 Å². The Morgan fingerprint density at radius 3 is 2.50 bits per heavy atom. The van der Waals surface area contributed by atoms with E-state index in [0.717, 1.165) is 16.2 Å². The van der Waals surface area contributed by atoms with Crippen LogP contribution in [-0.4, -0.2) is 42.3 Å². The predicted molar refractivity (Wildman–Crippen MR) is 116 cm³/mol. The van der Waals surface area contributed by atoms with Crippen molar-refractivity contribution in [3.63, 3.8) is 0 Å². The van der Waals surface area contributed by atoms with Gasteiger partial charge in [-0.2, -0.15) is 0 Å². The first-order valence-electron chi connectivity index (χ1n) is 9.19. The summed E-state index contributed by atoms with van der Waals surface area (Å²) in [6.07, 6.45) is 0.830. The van der Waals surface area contributed by atoms with Crippen LogP contribution in [0.15, 0.2) is 41.3 Å². The Labute approximate surface area is 185 Å². The van der Waals surface area contributed by atoms with Crippen molar-refractivity contribution in [1.82, 2.24) is 13.9 Å². The zero-order chi connectivity index (χ0) is 22.1. The third kappa shape index (κ3) is 4.46. The molecule has 1 aromatic heterocycles. The normalized spacial score (nSPS) is 11.9. The van der Waals surface area contributed by atoms with E-state index in [1.165, 1.54) is 38.4 Å². The number of imidazole rings is 1. The van der Waals surface area contributed by atoms with Gasteiger partial charge in [-0.1, -0.05) is 30.1 Å². The number of aromatic nitrogens is 2. The van der Waals surface area contributed by atoms with Gasteiger partial charge >= 0.3 is 5.97 Å². The average Bonchev–Trinajstić information content (AvgIpc) is 3.05. The molecule has 0 N–H and O–H groups in total. The van der Waals surface area contributed by atoms with E-state index >= 15 is 0 Å². The van der Waals surface area contributed by atoms with Crippen molar-refractivity contribution in [2.75, 3.05) is 14.1 Å². The molecule has 0 spiro atoms. The summed E-state index contributed by atoms with van der Waals surface area (Å²) in [4.78, 5) is 17.1. The quantitative estimate of drug-likeness (QED) is 0.480. The molecule has 0 saturated heterocycles. The first kappa shape index (κ1) is 22.6. The van der Waals surface area contributed by atoms with E-state index in [4.69, 9.17) is 27.9 Å². The van der Waals surface area contributed by atoms with E-state index in [9.17, 15) is 13.2 Å². The summed E-state index contributed by atoms with van der Waals surface area (Å²) in [6, 6.07) is 9.31. The van der Waals surface area contributed by atoms with E-state index in [0.29, 0.717) is 22.9 Å². The number of hydrogen-bond donors (Lipinski definition) is 0. The number of ether oxygens (including phenoxy) is 1. The Balaban J connectivity index is 1.91. The largest absolute Gasteiger partial charge is 0.454 e. The summed E-state index contributed by atoms with van der Waals surface area (Å²) in [7, 11) is -0.628. The molecule has 0 unspecified atom stereocenters. The van der Waals surface area contributed by atoms with Crippen molar-refractivity contribution in [1.29, 1.82) is 0 Å². The summed E-state index contributed by atoms with van der Waals surface area (Å²) in [6.45, 7) is 2.60. The van der Waals surface area contributed by atoms with Gasteiger partial charge in [-0.15, -0.1) is 0 Å². The molecule has 0 fully saturated rings. The molecule has 0 amide bonds. The summed E-state index contributed by atoms with van der Waals surface area (Å²) >= 11 is 11.8. The minimum Gasteiger partial charge on any atom is -0.454 e. The molecule has 0 atom stereocenters. The van der Waals surface area contributed by atoms with Gasteiger partial charge in [-0.05, 0) is 42.8 Å². The van der Waals surface area contributed by atoms with Crippen LogP contribution >= 0.6 is 23.2 Å². The van der Waals surface area contributed by atoms with E-state index in [1.807, 2.05) is 11.5 Å². The number of nitrogens with zero attached hydrogens (tertiary/aromatic N) is 3. The molecule has 1 heterocycles. The highest BCUT2D eigenvalue weighted by Gasteiger charge is 2.20. The van der Waals surface area contributed by atoms with Gasteiger partial charge < -0.3 is 9.30 Å². The maximum Gasteiger partial charge on any atom is 0.338 e. The Bertz CT molecular complexity index is 1210. The molecular formula is C20H21Cl2N3O4S. The Morgan fingerprint density at radius 1 is 1.13 bits per heavy atom. The summed E-state index contributed by atoms with van der Waals surface area (Å²) < 4.78 is 33.3. The fourth-order valence-corrected chi connectivity index (χ4v) is 4.17. The van der Waals surface area contributed by atoms with Crippen molar-refractivity contribution in [2.45, 2.75) is 31.4 Å². The molecule has 2 aromatic carbocycles. The monoisotopic (exact) mass is 469 g/mol. The second-order valence-corrected chi connectivity index (χ2v) is 9.79. The molecule has 30 heavy (non-hydrogen) atoms. The van der Waals surface area contributed by atoms with Crippen LogP contribution in [0.1, 0.15) is 29.5 Å². The lowest BCUT2D eigenvalue weighted by Crippen LogP contribution is -2.22. The molecule has 7 nitrogen and oxygen atoms in total. The molecule has 3 aromatic rings. The highest BCUT2D eigenvalue weighted by molar-refractivity contribution is 7.89. The number of aryl methyl sites for hydroxylation is 1. The van der Waals surface area contributed by atoms with Crippen LogP contribution in [0.25, 0.3) is 11.0 Å². The van der Waals surface area contributed by atoms with Gasteiger partial charge in [0.2, 0.25) is 10.0 Å². The minimum absolute atomic E-state index is 0.0659. The van der Waals surface area contributed by atoms with Crippen LogP contribution < -0.4 is 0 Å². The number of rotatable bonds is 7. The molecule has 0 radical (unpaired) electrons. The second kappa shape index (κ2) is 8.93. The molecule has 0 saturated carbocycles. The van der Waals surface area contributed by atoms with Crippen molar-refractivity contribution in [3.05, 3.63) is 57.8 Å². The highest BCUT2D eigenvalue weighted by Crippen LogP contribution is 2.25. The van der Waals surface area contributed by atoms with Crippen LogP contribution in [0.3, 0.4) is 0 Å². The smallest absolute Gasteiger partial charge is 0.338 e. The number of carbonyl (C=O) groups excluding carboxylic acids is 1. The SMILES string of the molecule is CCCn1c(COC(=O)c2ccc(Cl)c(Cl)c2)nc2cc(S(=O)(=O)N(C)C)ccc21. The number of benzene rings is 2. The fraction of sp³-hybridized carbons (Fsp3) is 0.300. The number of carbonyl (C=O) groups is 1. The lowest BCUT2D eigenvalue weighted by Gasteiger charge is -2.11. The number of fused-ring (bicyclic) bond motifs is 1. The van der Waals surface area contributed by atoms with E-state index in [1.54, 1.807) is 12.1 Å². The first-order chi connectivity index (χ1) is 14.1. The van der Waals surface area contributed by atoms with Crippen LogP contribution in [0, 0.1) is 0 Å². The molecule has 0 aliphatic carbocycles. The maximum absolute atomic E-state index is 12.4. The number of hydrogen-bond acceptors (Lipinski definition) is 5. The van der Waals surface area contributed by atoms with Gasteiger partial charge in [0.25, 0.3) is 0 Å². The topological polar surface area (TPSA) is 81.5 Å². The zero-order valence-electron chi connectivity index (χ0n) is 16.7. The van der Waals surface area contributed by atoms with Crippen LogP contribution in [0.2, 0.25) is 10.0 Å². The maximum atomic E-state index is 12.4. The van der Waals surface area contributed by atoms with Crippen molar-refractivity contribution in [3.8, 4) is 0 Å². The second-order valence-electron chi connectivity index (χ2n) is 6.82. The van der Waals surface area contributed by atoms with Crippen LogP contribution in [0.5, 0.6) is 0 Å². The fourth-order valence-electron chi connectivity index (χ4n) is 2.95. The van der Waals surface area contributed by atoms with Gasteiger partial charge in [0.15, 0.2) is 0 Å². The average molecular weight is 470 g/mol. The summed E-state index contributed by atoms with van der Waals surface area (Å²) in [5, 5.41) is 0.611. The molecular weight excluding hydrogens is 449 g/mol. The van der Waals surface area contributed by atoms with Crippen LogP contribution in [-0.2, 0) is 27.9 Å². The number of sulfonamides is 1. The molecule has 0 bridgehead atoms.